The van der Waals surface area contributed by atoms with Crippen molar-refractivity contribution in [3.05, 3.63) is 0 Å². The van der Waals surface area contributed by atoms with Gasteiger partial charge in [0.15, 0.2) is 0 Å². The van der Waals surface area contributed by atoms with E-state index in [9.17, 15) is 8.42 Å². The quantitative estimate of drug-likeness (QED) is 0.521. The van der Waals surface area contributed by atoms with Crippen LogP contribution in [0.15, 0.2) is 0 Å². The molecule has 0 spiro atoms. The number of rotatable bonds is 2. The monoisotopic (exact) mass is 134 g/mol. The molecule has 3 nitrogen and oxygen atoms in total. The summed E-state index contributed by atoms with van der Waals surface area (Å²) in [6, 6.07) is 0. The molecular formula is C4H8NO2S. The Labute approximate surface area is 49.1 Å². The number of sulfonamides is 1. The summed E-state index contributed by atoms with van der Waals surface area (Å²) >= 11 is 0. The molecule has 8 heavy (non-hydrogen) atoms. The van der Waals surface area contributed by atoms with Crippen molar-refractivity contribution in [1.82, 2.24) is 4.72 Å². The molecule has 0 amide bonds. The van der Waals surface area contributed by atoms with Crippen molar-refractivity contribution >= 4 is 10.0 Å². The van der Waals surface area contributed by atoms with Gasteiger partial charge < -0.3 is 0 Å². The Morgan fingerprint density at radius 1 is 1.50 bits per heavy atom. The Morgan fingerprint density at radius 2 is 2.00 bits per heavy atom. The number of nitrogens with zero attached hydrogens (tertiary/aromatic N) is 1. The van der Waals surface area contributed by atoms with E-state index in [1.807, 2.05) is 0 Å². The zero-order valence-corrected chi connectivity index (χ0v) is 5.48. The van der Waals surface area contributed by atoms with E-state index in [0.717, 1.165) is 12.8 Å². The van der Waals surface area contributed by atoms with E-state index in [1.165, 1.54) is 7.05 Å². The molecule has 0 aromatic carbocycles. The maximum atomic E-state index is 10.6. The Kier molecular flexibility index (Phi) is 1.28. The molecule has 0 N–H and O–H groups in total. The summed E-state index contributed by atoms with van der Waals surface area (Å²) in [5.41, 5.74) is 0. The van der Waals surface area contributed by atoms with Gasteiger partial charge in [-0.1, -0.05) is 0 Å². The van der Waals surface area contributed by atoms with Gasteiger partial charge in [0.25, 0.3) is 0 Å². The standard InChI is InChI=1S/C4H8NO2S/c1-5-8(6,7)4-2-3-4/h4H,2-3H2,1H3. The van der Waals surface area contributed by atoms with Crippen molar-refractivity contribution in [2.75, 3.05) is 7.05 Å². The van der Waals surface area contributed by atoms with Crippen molar-refractivity contribution in [2.24, 2.45) is 0 Å². The van der Waals surface area contributed by atoms with Gasteiger partial charge in [-0.3, -0.25) is 0 Å². The minimum absolute atomic E-state index is 0.132. The van der Waals surface area contributed by atoms with Gasteiger partial charge >= 0.3 is 0 Å². The zero-order valence-electron chi connectivity index (χ0n) is 4.66. The third kappa shape index (κ3) is 1.00. The summed E-state index contributed by atoms with van der Waals surface area (Å²) in [5, 5.41) is -0.132. The van der Waals surface area contributed by atoms with E-state index in [4.69, 9.17) is 0 Å². The van der Waals surface area contributed by atoms with Gasteiger partial charge in [0.1, 0.15) is 0 Å². The van der Waals surface area contributed by atoms with Crippen LogP contribution >= 0.6 is 0 Å². The van der Waals surface area contributed by atoms with Crippen molar-refractivity contribution < 1.29 is 8.42 Å². The minimum atomic E-state index is -3.00. The van der Waals surface area contributed by atoms with Crippen LogP contribution < -0.4 is 4.72 Å². The lowest BCUT2D eigenvalue weighted by Crippen LogP contribution is -2.15. The molecule has 1 fully saturated rings. The SMILES string of the molecule is C[N]S(=O)(=O)C1CC1. The Hall–Kier alpha value is -0.0900. The van der Waals surface area contributed by atoms with E-state index in [0.29, 0.717) is 0 Å². The number of hydrogen-bond acceptors (Lipinski definition) is 2. The first-order valence-electron chi connectivity index (χ1n) is 2.52. The fraction of sp³-hybridized carbons (Fsp3) is 1.00. The highest BCUT2D eigenvalue weighted by molar-refractivity contribution is 7.90. The summed E-state index contributed by atoms with van der Waals surface area (Å²) in [6.45, 7) is 0. The largest absolute Gasteiger partial charge is 0.230 e. The third-order valence-corrected chi connectivity index (χ3v) is 3.02. The second-order valence-corrected chi connectivity index (χ2v) is 3.96. The van der Waals surface area contributed by atoms with Gasteiger partial charge in [-0.05, 0) is 12.8 Å². The minimum Gasteiger partial charge on any atom is -0.211 e. The fourth-order valence-corrected chi connectivity index (χ4v) is 1.54. The molecular weight excluding hydrogens is 126 g/mol. The summed E-state index contributed by atoms with van der Waals surface area (Å²) in [7, 11) is -1.67. The molecule has 1 saturated carbocycles. The van der Waals surface area contributed by atoms with E-state index in [2.05, 4.69) is 4.72 Å². The second-order valence-electron chi connectivity index (χ2n) is 1.90. The summed E-state index contributed by atoms with van der Waals surface area (Å²) in [5.74, 6) is 0. The van der Waals surface area contributed by atoms with Crippen LogP contribution in [0.5, 0.6) is 0 Å². The predicted octanol–water partition coefficient (Wildman–Crippen LogP) is -0.287. The summed E-state index contributed by atoms with van der Waals surface area (Å²) in [4.78, 5) is 0. The highest BCUT2D eigenvalue weighted by Gasteiger charge is 2.35. The molecule has 1 aliphatic carbocycles. The predicted molar refractivity (Wildman–Crippen MR) is 30.0 cm³/mol. The molecule has 1 radical (unpaired) electrons. The van der Waals surface area contributed by atoms with Gasteiger partial charge in [0.05, 0.1) is 5.25 Å². The summed E-state index contributed by atoms with van der Waals surface area (Å²) < 4.78 is 24.4. The highest BCUT2D eigenvalue weighted by Crippen LogP contribution is 2.27. The van der Waals surface area contributed by atoms with Crippen LogP contribution in [0.4, 0.5) is 0 Å². The van der Waals surface area contributed by atoms with E-state index < -0.39 is 10.0 Å². The molecule has 0 aromatic heterocycles. The molecule has 0 atom stereocenters. The first kappa shape index (κ1) is 6.04. The van der Waals surface area contributed by atoms with Gasteiger partial charge in [-0.15, -0.1) is 4.72 Å². The molecule has 0 aromatic rings. The van der Waals surface area contributed by atoms with Crippen molar-refractivity contribution in [3.8, 4) is 0 Å². The first-order valence-corrected chi connectivity index (χ1v) is 4.02. The lowest BCUT2D eigenvalue weighted by atomic mass is 11.0. The molecule has 1 rings (SSSR count). The van der Waals surface area contributed by atoms with Crippen LogP contribution in [0.25, 0.3) is 0 Å². The first-order chi connectivity index (χ1) is 3.67. The highest BCUT2D eigenvalue weighted by atomic mass is 32.2. The van der Waals surface area contributed by atoms with Crippen molar-refractivity contribution in [2.45, 2.75) is 18.1 Å². The lowest BCUT2D eigenvalue weighted by molar-refractivity contribution is 0.586. The van der Waals surface area contributed by atoms with E-state index in [-0.39, 0.29) is 5.25 Å². The Morgan fingerprint density at radius 3 is 2.12 bits per heavy atom. The topological polar surface area (TPSA) is 48.2 Å². The lowest BCUT2D eigenvalue weighted by Gasteiger charge is -1.91. The molecule has 0 bridgehead atoms. The van der Waals surface area contributed by atoms with E-state index >= 15 is 0 Å². The Balaban J connectivity index is 2.65. The van der Waals surface area contributed by atoms with Crippen LogP contribution in [0, 0.1) is 0 Å². The molecule has 1 aliphatic rings. The molecule has 0 heterocycles. The summed E-state index contributed by atoms with van der Waals surface area (Å²) in [6.07, 6.45) is 1.61. The average molecular weight is 134 g/mol. The zero-order chi connectivity index (χ0) is 6.20. The molecule has 0 aliphatic heterocycles. The third-order valence-electron chi connectivity index (χ3n) is 1.20. The maximum absolute atomic E-state index is 10.6. The average Bonchev–Trinajstić information content (AvgIpc) is 2.44. The van der Waals surface area contributed by atoms with Crippen molar-refractivity contribution in [3.63, 3.8) is 0 Å². The smallest absolute Gasteiger partial charge is 0.211 e. The van der Waals surface area contributed by atoms with Gasteiger partial charge in [-0.2, -0.15) is 0 Å². The normalized spacial score (nSPS) is 21.1. The van der Waals surface area contributed by atoms with Gasteiger partial charge in [0.2, 0.25) is 10.0 Å². The molecule has 4 heteroatoms. The van der Waals surface area contributed by atoms with Crippen LogP contribution in [0.2, 0.25) is 0 Å². The molecule has 0 unspecified atom stereocenters. The van der Waals surface area contributed by atoms with E-state index in [1.54, 1.807) is 0 Å². The van der Waals surface area contributed by atoms with Crippen LogP contribution in [-0.2, 0) is 10.0 Å². The number of hydrogen-bond donors (Lipinski definition) is 0. The fourth-order valence-electron chi connectivity index (χ4n) is 0.515. The Bertz CT molecular complexity index is 168. The van der Waals surface area contributed by atoms with Crippen molar-refractivity contribution in [1.29, 1.82) is 0 Å². The van der Waals surface area contributed by atoms with Crippen LogP contribution in [-0.4, -0.2) is 20.7 Å². The molecule has 0 saturated heterocycles. The second kappa shape index (κ2) is 1.70. The van der Waals surface area contributed by atoms with Crippen LogP contribution in [0.1, 0.15) is 12.8 Å². The maximum Gasteiger partial charge on any atom is 0.230 e. The van der Waals surface area contributed by atoms with Crippen LogP contribution in [0.3, 0.4) is 0 Å². The molecule has 47 valence electrons. The van der Waals surface area contributed by atoms with Gasteiger partial charge in [0, 0.05) is 7.05 Å². The van der Waals surface area contributed by atoms with Gasteiger partial charge in [-0.25, -0.2) is 8.42 Å².